The fourth-order valence-corrected chi connectivity index (χ4v) is 3.43. The van der Waals surface area contributed by atoms with Crippen LogP contribution in [-0.4, -0.2) is 45.9 Å². The molecule has 1 fully saturated rings. The van der Waals surface area contributed by atoms with Gasteiger partial charge >= 0.3 is 6.09 Å². The molecule has 0 radical (unpaired) electrons. The van der Waals surface area contributed by atoms with Crippen molar-refractivity contribution in [2.75, 3.05) is 18.0 Å². The van der Waals surface area contributed by atoms with Crippen molar-refractivity contribution in [2.45, 2.75) is 26.2 Å². The molecule has 28 heavy (non-hydrogen) atoms. The van der Waals surface area contributed by atoms with Crippen LogP contribution in [0.25, 0.3) is 11.6 Å². The minimum Gasteiger partial charge on any atom is -0.442 e. The number of anilines is 1. The number of cyclic esters (lactones) is 1. The smallest absolute Gasteiger partial charge is 0.414 e. The van der Waals surface area contributed by atoms with Gasteiger partial charge in [-0.3, -0.25) is 9.69 Å². The fraction of sp³-hybridized carbons (Fsp3) is 0.316. The average molecular weight is 386 g/mol. The van der Waals surface area contributed by atoms with Crippen molar-refractivity contribution in [1.29, 1.82) is 0 Å². The van der Waals surface area contributed by atoms with Gasteiger partial charge in [0.05, 0.1) is 43.1 Å². The molecule has 0 saturated carbocycles. The molecule has 2 aliphatic rings. The first-order valence-electron chi connectivity index (χ1n) is 8.84. The summed E-state index contributed by atoms with van der Waals surface area (Å²) < 4.78 is 21.9. The number of halogens is 1. The highest BCUT2D eigenvalue weighted by atomic mass is 19.1. The third-order valence-electron chi connectivity index (χ3n) is 4.82. The van der Waals surface area contributed by atoms with E-state index in [0.29, 0.717) is 23.5 Å². The van der Waals surface area contributed by atoms with Crippen LogP contribution >= 0.6 is 0 Å². The van der Waals surface area contributed by atoms with Gasteiger partial charge in [0, 0.05) is 19.0 Å². The Balaban J connectivity index is 1.52. The number of carbonyl (C=O) groups is 2. The number of allylic oxidation sites excluding steroid dienone is 1. The largest absolute Gasteiger partial charge is 0.442 e. The van der Waals surface area contributed by atoms with Crippen molar-refractivity contribution in [3.63, 3.8) is 0 Å². The van der Waals surface area contributed by atoms with E-state index in [-0.39, 0.29) is 25.6 Å². The summed E-state index contributed by atoms with van der Waals surface area (Å²) in [7, 11) is 0. The molecule has 1 aromatic heterocycles. The van der Waals surface area contributed by atoms with Gasteiger partial charge in [-0.05, 0) is 29.8 Å². The molecule has 0 bridgehead atoms. The number of aromatic nitrogens is 2. The van der Waals surface area contributed by atoms with E-state index in [1.807, 2.05) is 10.6 Å². The Labute approximate surface area is 160 Å². The van der Waals surface area contributed by atoms with E-state index in [4.69, 9.17) is 4.74 Å². The Bertz CT molecular complexity index is 984. The van der Waals surface area contributed by atoms with E-state index in [0.717, 1.165) is 11.3 Å². The molecular formula is C19H19FN4O4. The number of hydrogen-bond donors (Lipinski definition) is 2. The van der Waals surface area contributed by atoms with Crippen LogP contribution in [0.2, 0.25) is 0 Å². The van der Waals surface area contributed by atoms with Gasteiger partial charge in [0.25, 0.3) is 0 Å². The number of carbonyl (C=O) groups excluding carboxylic acids is 2. The maximum Gasteiger partial charge on any atom is 0.414 e. The molecule has 0 spiro atoms. The number of imidazole rings is 1. The monoisotopic (exact) mass is 386 g/mol. The van der Waals surface area contributed by atoms with E-state index in [1.165, 1.54) is 17.9 Å². The normalized spacial score (nSPS) is 18.1. The van der Waals surface area contributed by atoms with Crippen LogP contribution < -0.4 is 10.2 Å². The first kappa shape index (κ1) is 18.2. The first-order chi connectivity index (χ1) is 13.5. The average Bonchev–Trinajstić information content (AvgIpc) is 3.33. The standard InChI is InChI=1S/C19H19FN4O4/c1-11(26)21-6-14-8-24(19(27)28-14)13-2-3-15(16(20)5-13)12-4-18-17(9-25)22-10-23(18)7-12/h2-5,10,14,25H,6-9H2,1H3,(H,21,26)/t14-/m0/s1. The predicted octanol–water partition coefficient (Wildman–Crippen LogP) is 1.53. The highest BCUT2D eigenvalue weighted by Gasteiger charge is 2.33. The molecule has 2 aromatic rings. The predicted molar refractivity (Wildman–Crippen MR) is 98.7 cm³/mol. The summed E-state index contributed by atoms with van der Waals surface area (Å²) in [4.78, 5) is 28.5. The van der Waals surface area contributed by atoms with Crippen molar-refractivity contribution in [2.24, 2.45) is 0 Å². The highest BCUT2D eigenvalue weighted by molar-refractivity contribution is 5.91. The maximum atomic E-state index is 14.8. The van der Waals surface area contributed by atoms with Crippen LogP contribution in [0.5, 0.6) is 0 Å². The van der Waals surface area contributed by atoms with Crippen molar-refractivity contribution in [3.8, 4) is 0 Å². The van der Waals surface area contributed by atoms with E-state index < -0.39 is 18.0 Å². The summed E-state index contributed by atoms with van der Waals surface area (Å²) in [5.41, 5.74) is 2.91. The van der Waals surface area contributed by atoms with Crippen molar-refractivity contribution in [3.05, 3.63) is 47.3 Å². The lowest BCUT2D eigenvalue weighted by molar-refractivity contribution is -0.119. The number of aliphatic hydroxyl groups excluding tert-OH is 1. The van der Waals surface area contributed by atoms with Crippen LogP contribution in [0.1, 0.15) is 23.9 Å². The lowest BCUT2D eigenvalue weighted by Crippen LogP contribution is -2.33. The summed E-state index contributed by atoms with van der Waals surface area (Å²) in [6.45, 7) is 2.12. The molecule has 2 aliphatic heterocycles. The van der Waals surface area contributed by atoms with Crippen molar-refractivity contribution in [1.82, 2.24) is 14.9 Å². The van der Waals surface area contributed by atoms with E-state index >= 15 is 0 Å². The van der Waals surface area contributed by atoms with Crippen molar-refractivity contribution < 1.29 is 23.8 Å². The molecule has 0 unspecified atom stereocenters. The second-order valence-corrected chi connectivity index (χ2v) is 6.75. The molecule has 2 N–H and O–H groups in total. The molecule has 1 atom stereocenters. The van der Waals surface area contributed by atoms with Gasteiger partial charge < -0.3 is 19.7 Å². The molecule has 4 rings (SSSR count). The van der Waals surface area contributed by atoms with E-state index in [2.05, 4.69) is 10.3 Å². The number of hydrogen-bond acceptors (Lipinski definition) is 5. The van der Waals surface area contributed by atoms with Gasteiger partial charge in [-0.2, -0.15) is 0 Å². The first-order valence-corrected chi connectivity index (χ1v) is 8.84. The zero-order chi connectivity index (χ0) is 19.8. The molecule has 1 aromatic carbocycles. The zero-order valence-electron chi connectivity index (χ0n) is 15.2. The number of nitrogens with zero attached hydrogens (tertiary/aromatic N) is 3. The summed E-state index contributed by atoms with van der Waals surface area (Å²) >= 11 is 0. The number of aliphatic hydroxyl groups is 1. The Morgan fingerprint density at radius 1 is 1.46 bits per heavy atom. The van der Waals surface area contributed by atoms with Crippen LogP contribution in [0.3, 0.4) is 0 Å². The van der Waals surface area contributed by atoms with Gasteiger partial charge in [0.1, 0.15) is 11.9 Å². The minimum atomic E-state index is -0.572. The number of amides is 2. The highest BCUT2D eigenvalue weighted by Crippen LogP contribution is 2.32. The van der Waals surface area contributed by atoms with Gasteiger partial charge in [-0.1, -0.05) is 0 Å². The second kappa shape index (κ2) is 7.08. The Morgan fingerprint density at radius 3 is 3.00 bits per heavy atom. The topological polar surface area (TPSA) is 96.7 Å². The maximum absolute atomic E-state index is 14.8. The number of fused-ring (bicyclic) bond motifs is 1. The number of ether oxygens (including phenoxy) is 1. The third-order valence-corrected chi connectivity index (χ3v) is 4.82. The summed E-state index contributed by atoms with van der Waals surface area (Å²) in [5, 5.41) is 11.9. The minimum absolute atomic E-state index is 0.176. The molecule has 146 valence electrons. The molecule has 9 heteroatoms. The number of benzene rings is 1. The Morgan fingerprint density at radius 2 is 2.29 bits per heavy atom. The van der Waals surface area contributed by atoms with Crippen LogP contribution in [0, 0.1) is 5.82 Å². The lowest BCUT2D eigenvalue weighted by atomic mass is 10.0. The SMILES string of the molecule is CC(=O)NC[C@H]1CN(c2ccc(C3=Cc4c(CO)ncn4C3)c(F)c2)C(=O)O1. The van der Waals surface area contributed by atoms with Gasteiger partial charge in [-0.25, -0.2) is 14.2 Å². The summed E-state index contributed by atoms with van der Waals surface area (Å²) in [6.07, 6.45) is 2.38. The molecule has 3 heterocycles. The van der Waals surface area contributed by atoms with Crippen LogP contribution in [0.15, 0.2) is 24.5 Å². The molecule has 2 amide bonds. The molecular weight excluding hydrogens is 367 g/mol. The van der Waals surface area contributed by atoms with E-state index in [1.54, 1.807) is 18.5 Å². The lowest BCUT2D eigenvalue weighted by Gasteiger charge is -2.15. The quantitative estimate of drug-likeness (QED) is 0.812. The van der Waals surface area contributed by atoms with Gasteiger partial charge in [0.2, 0.25) is 5.91 Å². The summed E-state index contributed by atoms with van der Waals surface area (Å²) in [5.74, 6) is -0.661. The van der Waals surface area contributed by atoms with Gasteiger partial charge in [-0.15, -0.1) is 0 Å². The molecule has 0 aliphatic carbocycles. The zero-order valence-corrected chi connectivity index (χ0v) is 15.2. The Kier molecular flexibility index (Phi) is 4.60. The third kappa shape index (κ3) is 3.24. The molecule has 8 nitrogen and oxygen atoms in total. The van der Waals surface area contributed by atoms with E-state index in [9.17, 15) is 19.1 Å². The van der Waals surface area contributed by atoms with Crippen LogP contribution in [0.4, 0.5) is 14.9 Å². The second-order valence-electron chi connectivity index (χ2n) is 6.75. The number of nitrogens with one attached hydrogen (secondary N) is 1. The van der Waals surface area contributed by atoms with Crippen molar-refractivity contribution >= 4 is 29.3 Å². The fourth-order valence-electron chi connectivity index (χ4n) is 3.43. The van der Waals surface area contributed by atoms with Crippen LogP contribution in [-0.2, 0) is 22.7 Å². The Hall–Kier alpha value is -3.20. The summed E-state index contributed by atoms with van der Waals surface area (Å²) in [6, 6.07) is 4.60. The molecule has 1 saturated heterocycles. The number of rotatable bonds is 5. The van der Waals surface area contributed by atoms with Gasteiger partial charge in [0.15, 0.2) is 0 Å².